The van der Waals surface area contributed by atoms with Gasteiger partial charge in [-0.05, 0) is 11.1 Å². The Bertz CT molecular complexity index is 986. The summed E-state index contributed by atoms with van der Waals surface area (Å²) in [5.41, 5.74) is 10.1. The molecule has 3 rings (SSSR count). The van der Waals surface area contributed by atoms with Gasteiger partial charge in [0, 0.05) is 12.0 Å². The lowest BCUT2D eigenvalue weighted by Gasteiger charge is -2.23. The monoisotopic (exact) mass is 407 g/mol. The van der Waals surface area contributed by atoms with Crippen molar-refractivity contribution in [2.45, 2.75) is 18.0 Å². The molecule has 0 radical (unpaired) electrons. The smallest absolute Gasteiger partial charge is 0.441 e. The molecule has 1 N–H and O–H groups in total. The normalized spacial score (nSPS) is 22.6. The lowest BCUT2D eigenvalue weighted by Crippen LogP contribution is -2.38. The fourth-order valence-corrected chi connectivity index (χ4v) is 3.96. The number of hydrogen-bond acceptors (Lipinski definition) is 6. The molecule has 1 aliphatic rings. The first kappa shape index (κ1) is 21.1. The van der Waals surface area contributed by atoms with E-state index in [0.29, 0.717) is 5.56 Å². The van der Waals surface area contributed by atoms with Crippen molar-refractivity contribution >= 4 is 23.4 Å². The van der Waals surface area contributed by atoms with Gasteiger partial charge in [0.25, 0.3) is 5.78 Å². The summed E-state index contributed by atoms with van der Waals surface area (Å²) in [5.74, 6) is -3.92. The molecule has 2 aromatic rings. The maximum Gasteiger partial charge on any atom is 0.441 e. The molecule has 0 spiro atoms. The number of nitrogens with one attached hydrogen (secondary N) is 1. The maximum absolute atomic E-state index is 13.4. The quantitative estimate of drug-likeness (QED) is 0.256. The molecule has 1 heterocycles. The van der Waals surface area contributed by atoms with Gasteiger partial charge >= 0.3 is 17.7 Å². The number of rotatable bonds is 6. The van der Waals surface area contributed by atoms with E-state index in [9.17, 15) is 19.9 Å². The minimum atomic E-state index is -1.05. The number of ether oxygens (including phenoxy) is 2. The van der Waals surface area contributed by atoms with E-state index in [1.54, 1.807) is 24.3 Å². The summed E-state index contributed by atoms with van der Waals surface area (Å²) in [6.45, 7) is 0. The first-order valence-electron chi connectivity index (χ1n) is 9.31. The fourth-order valence-electron chi connectivity index (χ4n) is 3.96. The molecule has 30 heavy (non-hydrogen) atoms. The predicted molar refractivity (Wildman–Crippen MR) is 106 cm³/mol. The van der Waals surface area contributed by atoms with E-state index >= 15 is 0 Å². The fraction of sp³-hybridized carbons (Fsp3) is 0.273. The zero-order chi connectivity index (χ0) is 21.7. The van der Waals surface area contributed by atoms with Crippen LogP contribution in [0.15, 0.2) is 60.7 Å². The molecule has 0 amide bonds. The second kappa shape index (κ2) is 9.26. The van der Waals surface area contributed by atoms with E-state index in [-0.39, 0.29) is 0 Å². The summed E-state index contributed by atoms with van der Waals surface area (Å²) in [5, 5.41) is 3.19. The van der Waals surface area contributed by atoms with Crippen LogP contribution in [-0.4, -0.2) is 48.5 Å². The number of carbonyl (C=O) groups is 3. The first-order valence-corrected chi connectivity index (χ1v) is 9.31. The number of benzene rings is 2. The van der Waals surface area contributed by atoms with Crippen LogP contribution >= 0.6 is 0 Å². The third-order valence-corrected chi connectivity index (χ3v) is 5.28. The molecular weight excluding hydrogens is 386 g/mol. The van der Waals surface area contributed by atoms with Gasteiger partial charge < -0.3 is 15.0 Å². The van der Waals surface area contributed by atoms with Crippen LogP contribution in [0, 0.1) is 5.92 Å². The van der Waals surface area contributed by atoms with Gasteiger partial charge in [-0.1, -0.05) is 60.7 Å². The lowest BCUT2D eigenvalue weighted by molar-refractivity contribution is -0.143. The molecule has 0 bridgehead atoms. The van der Waals surface area contributed by atoms with Gasteiger partial charge in [-0.2, -0.15) is 4.79 Å². The highest BCUT2D eigenvalue weighted by atomic mass is 16.5. The molecule has 0 aromatic heterocycles. The zero-order valence-electron chi connectivity index (χ0n) is 16.5. The molecule has 0 aliphatic carbocycles. The molecule has 0 unspecified atom stereocenters. The summed E-state index contributed by atoms with van der Waals surface area (Å²) in [6.07, 6.45) is 0. The highest BCUT2D eigenvalue weighted by Gasteiger charge is 2.54. The van der Waals surface area contributed by atoms with Crippen molar-refractivity contribution in [2.75, 3.05) is 14.2 Å². The molecule has 154 valence electrons. The molecule has 1 aliphatic heterocycles. The number of Topliss-reactive ketones (excluding diaryl/α,β-unsaturated/α-hetero) is 1. The first-order chi connectivity index (χ1) is 14.5. The Morgan fingerprint density at radius 2 is 1.47 bits per heavy atom. The number of hydrogen-bond donors (Lipinski definition) is 1. The van der Waals surface area contributed by atoms with E-state index < -0.39 is 47.4 Å². The minimum absolute atomic E-state index is 0.541. The van der Waals surface area contributed by atoms with Crippen molar-refractivity contribution < 1.29 is 28.6 Å². The SMILES string of the molecule is COC(=O)C(=[N+]=[N-])C(=O)[C@H]1[C@H](c2ccccc2)[C@@H](C(=O)OC)N[C@H]1c1ccccc1. The Morgan fingerprint density at radius 3 is 1.97 bits per heavy atom. The van der Waals surface area contributed by atoms with E-state index in [0.717, 1.165) is 12.7 Å². The zero-order valence-corrected chi connectivity index (χ0v) is 16.5. The average Bonchev–Trinajstić information content (AvgIpc) is 3.20. The van der Waals surface area contributed by atoms with E-state index in [1.807, 2.05) is 36.4 Å². The summed E-state index contributed by atoms with van der Waals surface area (Å²) in [6, 6.07) is 16.6. The topological polar surface area (TPSA) is 118 Å². The van der Waals surface area contributed by atoms with Gasteiger partial charge in [-0.15, -0.1) is 0 Å². The van der Waals surface area contributed by atoms with Gasteiger partial charge in [0.05, 0.1) is 20.1 Å². The van der Waals surface area contributed by atoms with Crippen molar-refractivity contribution in [3.63, 3.8) is 0 Å². The van der Waals surface area contributed by atoms with Gasteiger partial charge in [0.2, 0.25) is 0 Å². The Labute approximate surface area is 173 Å². The third kappa shape index (κ3) is 3.91. The Hall–Kier alpha value is -3.61. The van der Waals surface area contributed by atoms with Gasteiger partial charge in [-0.25, -0.2) is 4.79 Å². The molecule has 8 nitrogen and oxygen atoms in total. The molecule has 4 atom stereocenters. The van der Waals surface area contributed by atoms with Crippen molar-refractivity contribution in [3.05, 3.63) is 77.3 Å². The summed E-state index contributed by atoms with van der Waals surface area (Å²) < 4.78 is 9.57. The largest absolute Gasteiger partial charge is 0.468 e. The van der Waals surface area contributed by atoms with Gasteiger partial charge in [0.15, 0.2) is 0 Å². The molecule has 0 saturated carbocycles. The van der Waals surface area contributed by atoms with Crippen LogP contribution in [0.2, 0.25) is 0 Å². The maximum atomic E-state index is 13.4. The number of methoxy groups -OCH3 is 2. The van der Waals surface area contributed by atoms with Crippen molar-refractivity contribution in [1.82, 2.24) is 5.32 Å². The number of nitrogens with zero attached hydrogens (tertiary/aromatic N) is 2. The van der Waals surface area contributed by atoms with Crippen LogP contribution in [-0.2, 0) is 23.9 Å². The second-order valence-corrected chi connectivity index (χ2v) is 6.82. The Morgan fingerprint density at radius 1 is 0.900 bits per heavy atom. The second-order valence-electron chi connectivity index (χ2n) is 6.82. The average molecular weight is 407 g/mol. The van der Waals surface area contributed by atoms with E-state index in [4.69, 9.17) is 4.74 Å². The Balaban J connectivity index is 2.18. The molecule has 2 aromatic carbocycles. The number of ketones is 1. The highest BCUT2D eigenvalue weighted by molar-refractivity contribution is 6.62. The summed E-state index contributed by atoms with van der Waals surface area (Å²) in [7, 11) is 2.36. The summed E-state index contributed by atoms with van der Waals surface area (Å²) >= 11 is 0. The standard InChI is InChI=1S/C22H21N3O5/c1-29-21(27)18-15(13-9-5-3-6-10-13)16(20(26)19(25-23)22(28)30-2)17(24-18)14-11-7-4-8-12-14/h3-12,15-18,24H,1-2H3/t15-,16-,17-,18-/m0/s1. The van der Waals surface area contributed by atoms with E-state index in [1.165, 1.54) is 7.11 Å². The minimum Gasteiger partial charge on any atom is -0.468 e. The van der Waals surface area contributed by atoms with Crippen LogP contribution in [0.4, 0.5) is 0 Å². The van der Waals surface area contributed by atoms with Crippen LogP contribution in [0.3, 0.4) is 0 Å². The van der Waals surface area contributed by atoms with Crippen LogP contribution in [0.1, 0.15) is 23.1 Å². The van der Waals surface area contributed by atoms with Crippen LogP contribution < -0.4 is 5.32 Å². The van der Waals surface area contributed by atoms with Crippen LogP contribution in [0.25, 0.3) is 5.53 Å². The Kier molecular flexibility index (Phi) is 6.51. The highest BCUT2D eigenvalue weighted by Crippen LogP contribution is 2.44. The molecule has 1 saturated heterocycles. The number of carbonyl (C=O) groups excluding carboxylic acids is 3. The lowest BCUT2D eigenvalue weighted by atomic mass is 9.76. The number of esters is 2. The third-order valence-electron chi connectivity index (χ3n) is 5.28. The van der Waals surface area contributed by atoms with Crippen molar-refractivity contribution in [1.29, 1.82) is 0 Å². The molecule has 1 fully saturated rings. The molecule has 8 heteroatoms. The van der Waals surface area contributed by atoms with Gasteiger partial charge in [0.1, 0.15) is 6.04 Å². The van der Waals surface area contributed by atoms with Crippen LogP contribution in [0.5, 0.6) is 0 Å². The van der Waals surface area contributed by atoms with Gasteiger partial charge in [-0.3, -0.25) is 14.9 Å². The predicted octanol–water partition coefficient (Wildman–Crippen LogP) is 1.69. The van der Waals surface area contributed by atoms with Crippen molar-refractivity contribution in [2.24, 2.45) is 5.92 Å². The molecular formula is C22H21N3O5. The van der Waals surface area contributed by atoms with Crippen molar-refractivity contribution in [3.8, 4) is 0 Å². The summed E-state index contributed by atoms with van der Waals surface area (Å²) in [4.78, 5) is 41.0. The van der Waals surface area contributed by atoms with E-state index in [2.05, 4.69) is 14.8 Å².